The predicted molar refractivity (Wildman–Crippen MR) is 89.2 cm³/mol. The van der Waals surface area contributed by atoms with Crippen molar-refractivity contribution < 1.29 is 23.0 Å². The molecule has 2 atom stereocenters. The maximum atomic E-state index is 12.5. The van der Waals surface area contributed by atoms with Crippen molar-refractivity contribution in [2.75, 3.05) is 0 Å². The Labute approximate surface area is 144 Å². The smallest absolute Gasteiger partial charge is 0.387 e. The van der Waals surface area contributed by atoms with Crippen LogP contribution in [0.3, 0.4) is 0 Å². The minimum atomic E-state index is -2.85. The largest absolute Gasteiger partial charge is 0.489 e. The van der Waals surface area contributed by atoms with Crippen LogP contribution < -0.4 is 14.8 Å². The lowest BCUT2D eigenvalue weighted by Gasteiger charge is -2.10. The summed E-state index contributed by atoms with van der Waals surface area (Å²) in [5.41, 5.74) is 2.32. The van der Waals surface area contributed by atoms with E-state index in [1.165, 1.54) is 12.1 Å². The van der Waals surface area contributed by atoms with Gasteiger partial charge in [0.15, 0.2) is 0 Å². The number of rotatable bonds is 5. The molecule has 0 radical (unpaired) electrons. The highest BCUT2D eigenvalue weighted by molar-refractivity contribution is 5.97. The molecule has 1 N–H and O–H groups in total. The number of ether oxygens (including phenoxy) is 2. The summed E-state index contributed by atoms with van der Waals surface area (Å²) in [6.45, 7) is 1.48. The molecule has 2 aromatic rings. The fraction of sp³-hybridized carbons (Fsp3) is 0.316. The van der Waals surface area contributed by atoms with Crippen molar-refractivity contribution in [3.63, 3.8) is 0 Å². The highest BCUT2D eigenvalue weighted by Gasteiger charge is 2.30. The van der Waals surface area contributed by atoms with E-state index in [-0.39, 0.29) is 30.2 Å². The molecule has 2 aromatic carbocycles. The van der Waals surface area contributed by atoms with Crippen LogP contribution in [0.15, 0.2) is 42.5 Å². The Bertz CT molecular complexity index is 762. The predicted octanol–water partition coefficient (Wildman–Crippen LogP) is 4.10. The Kier molecular flexibility index (Phi) is 4.88. The quantitative estimate of drug-likeness (QED) is 0.886. The van der Waals surface area contributed by atoms with Crippen molar-refractivity contribution >= 4 is 5.91 Å². The van der Waals surface area contributed by atoms with E-state index in [1.54, 1.807) is 18.2 Å². The van der Waals surface area contributed by atoms with E-state index in [2.05, 4.69) is 17.0 Å². The van der Waals surface area contributed by atoms with Gasteiger partial charge in [0.2, 0.25) is 0 Å². The number of fused-ring (bicyclic) bond motifs is 1. The molecule has 0 spiro atoms. The molecule has 0 saturated heterocycles. The molecule has 0 saturated carbocycles. The normalized spacial score (nSPS) is 18.6. The first kappa shape index (κ1) is 17.2. The van der Waals surface area contributed by atoms with E-state index in [0.717, 1.165) is 11.1 Å². The van der Waals surface area contributed by atoms with Crippen LogP contribution in [0.4, 0.5) is 8.78 Å². The number of benzene rings is 2. The van der Waals surface area contributed by atoms with Crippen LogP contribution in [0.1, 0.15) is 41.3 Å². The summed E-state index contributed by atoms with van der Waals surface area (Å²) in [6.07, 6.45) is 0.0336. The number of hydrogen-bond donors (Lipinski definition) is 1. The molecule has 3 rings (SSSR count). The van der Waals surface area contributed by atoms with Gasteiger partial charge in [-0.15, -0.1) is 0 Å². The van der Waals surface area contributed by atoms with Gasteiger partial charge in [0.1, 0.15) is 17.6 Å². The zero-order valence-electron chi connectivity index (χ0n) is 14.0. The Morgan fingerprint density at radius 1 is 1.20 bits per heavy atom. The van der Waals surface area contributed by atoms with Gasteiger partial charge in [0.05, 0.1) is 5.56 Å². The fourth-order valence-corrected chi connectivity index (χ4v) is 2.83. The van der Waals surface area contributed by atoms with Gasteiger partial charge >= 0.3 is 6.61 Å². The van der Waals surface area contributed by atoms with E-state index in [1.807, 2.05) is 19.1 Å². The fourth-order valence-electron chi connectivity index (χ4n) is 2.83. The third-order valence-electron chi connectivity index (χ3n) is 4.39. The Hall–Kier alpha value is -2.63. The molecule has 0 bridgehead atoms. The number of carbonyl (C=O) groups excluding carboxylic acids is 1. The second-order valence-corrected chi connectivity index (χ2v) is 6.04. The summed E-state index contributed by atoms with van der Waals surface area (Å²) in [7, 11) is 0. The van der Waals surface area contributed by atoms with E-state index < -0.39 is 6.61 Å². The minimum Gasteiger partial charge on any atom is -0.489 e. The van der Waals surface area contributed by atoms with Gasteiger partial charge in [-0.2, -0.15) is 8.78 Å². The number of amides is 1. The third kappa shape index (κ3) is 3.73. The van der Waals surface area contributed by atoms with Gasteiger partial charge in [-0.3, -0.25) is 4.79 Å². The third-order valence-corrected chi connectivity index (χ3v) is 4.39. The molecule has 1 aliphatic heterocycles. The van der Waals surface area contributed by atoms with Gasteiger partial charge in [-0.1, -0.05) is 31.2 Å². The number of para-hydroxylation sites is 1. The maximum Gasteiger partial charge on any atom is 0.387 e. The van der Waals surface area contributed by atoms with Gasteiger partial charge in [0.25, 0.3) is 5.91 Å². The lowest BCUT2D eigenvalue weighted by atomic mass is 9.97. The van der Waals surface area contributed by atoms with Crippen molar-refractivity contribution in [2.45, 2.75) is 39.0 Å². The zero-order chi connectivity index (χ0) is 18.0. The van der Waals surface area contributed by atoms with E-state index in [0.29, 0.717) is 11.3 Å². The van der Waals surface area contributed by atoms with Crippen LogP contribution in [-0.4, -0.2) is 18.6 Å². The van der Waals surface area contributed by atoms with E-state index >= 15 is 0 Å². The first-order chi connectivity index (χ1) is 12.0. The van der Waals surface area contributed by atoms with Crippen molar-refractivity contribution in [2.24, 2.45) is 0 Å². The van der Waals surface area contributed by atoms with Crippen LogP contribution in [-0.2, 0) is 6.54 Å². The van der Waals surface area contributed by atoms with Crippen molar-refractivity contribution in [3.05, 3.63) is 59.2 Å². The summed E-state index contributed by atoms with van der Waals surface area (Å²) in [5.74, 6) is 0.735. The maximum absolute atomic E-state index is 12.5. The Morgan fingerprint density at radius 3 is 2.60 bits per heavy atom. The molecule has 1 aliphatic rings. The first-order valence-corrected chi connectivity index (χ1v) is 8.07. The topological polar surface area (TPSA) is 47.6 Å². The molecule has 0 aromatic heterocycles. The van der Waals surface area contributed by atoms with Crippen LogP contribution in [0.5, 0.6) is 11.5 Å². The van der Waals surface area contributed by atoms with Gasteiger partial charge in [-0.25, -0.2) is 0 Å². The van der Waals surface area contributed by atoms with Crippen molar-refractivity contribution in [3.8, 4) is 11.5 Å². The number of nitrogens with one attached hydrogen (secondary N) is 1. The molecule has 1 amide bonds. The Morgan fingerprint density at radius 2 is 1.92 bits per heavy atom. The second-order valence-electron chi connectivity index (χ2n) is 6.04. The average Bonchev–Trinajstić information content (AvgIpc) is 2.88. The SMILES string of the molecule is CC1Oc2c(C(=O)NCc3ccc(OC(F)F)cc3)cccc2C1C. The second kappa shape index (κ2) is 7.09. The zero-order valence-corrected chi connectivity index (χ0v) is 14.0. The number of halogens is 2. The van der Waals surface area contributed by atoms with Crippen LogP contribution in [0.2, 0.25) is 0 Å². The number of carbonyl (C=O) groups is 1. The Balaban J connectivity index is 1.66. The molecular formula is C19H19F2NO3. The summed E-state index contributed by atoms with van der Waals surface area (Å²) < 4.78 is 34.4. The highest BCUT2D eigenvalue weighted by atomic mass is 19.3. The van der Waals surface area contributed by atoms with Crippen molar-refractivity contribution in [1.29, 1.82) is 0 Å². The molecule has 4 nitrogen and oxygen atoms in total. The molecule has 0 fully saturated rings. The lowest BCUT2D eigenvalue weighted by molar-refractivity contribution is -0.0498. The van der Waals surface area contributed by atoms with Crippen LogP contribution in [0, 0.1) is 0 Å². The standard InChI is InChI=1S/C19H19F2NO3/c1-11-12(2)24-17-15(11)4-3-5-16(17)18(23)22-10-13-6-8-14(9-7-13)25-19(20)21/h3-9,11-12,19H,10H2,1-2H3,(H,22,23). The molecule has 6 heteroatoms. The molecule has 25 heavy (non-hydrogen) atoms. The average molecular weight is 347 g/mol. The van der Waals surface area contributed by atoms with E-state index in [4.69, 9.17) is 4.74 Å². The van der Waals surface area contributed by atoms with Crippen LogP contribution >= 0.6 is 0 Å². The summed E-state index contributed by atoms with van der Waals surface area (Å²) in [6, 6.07) is 11.7. The highest BCUT2D eigenvalue weighted by Crippen LogP contribution is 2.40. The summed E-state index contributed by atoms with van der Waals surface area (Å²) in [5, 5.41) is 2.83. The minimum absolute atomic E-state index is 0.0336. The summed E-state index contributed by atoms with van der Waals surface area (Å²) >= 11 is 0. The molecule has 2 unspecified atom stereocenters. The van der Waals surface area contributed by atoms with E-state index in [9.17, 15) is 13.6 Å². The molecule has 1 heterocycles. The van der Waals surface area contributed by atoms with Gasteiger partial charge in [-0.05, 0) is 30.7 Å². The monoisotopic (exact) mass is 347 g/mol. The van der Waals surface area contributed by atoms with Crippen LogP contribution in [0.25, 0.3) is 0 Å². The lowest BCUT2D eigenvalue weighted by Crippen LogP contribution is -2.23. The van der Waals surface area contributed by atoms with Crippen molar-refractivity contribution in [1.82, 2.24) is 5.32 Å². The number of alkyl halides is 2. The van der Waals surface area contributed by atoms with Gasteiger partial charge < -0.3 is 14.8 Å². The first-order valence-electron chi connectivity index (χ1n) is 8.07. The molecule has 132 valence electrons. The molecule has 0 aliphatic carbocycles. The summed E-state index contributed by atoms with van der Waals surface area (Å²) in [4.78, 5) is 12.5. The number of hydrogen-bond acceptors (Lipinski definition) is 3. The molecular weight excluding hydrogens is 328 g/mol. The van der Waals surface area contributed by atoms with Gasteiger partial charge in [0, 0.05) is 18.0 Å².